The third-order valence-corrected chi connectivity index (χ3v) is 2.85. The van der Waals surface area contributed by atoms with Crippen molar-refractivity contribution in [3.63, 3.8) is 0 Å². The van der Waals surface area contributed by atoms with Crippen LogP contribution in [0, 0.1) is 0 Å². The van der Waals surface area contributed by atoms with Gasteiger partial charge in [-0.3, -0.25) is 4.55 Å². The molecule has 0 aromatic heterocycles. The number of amides is 2. The normalized spacial score (nSPS) is 10.9. The van der Waals surface area contributed by atoms with Crippen molar-refractivity contribution in [2.24, 2.45) is 0 Å². The zero-order valence-corrected chi connectivity index (χ0v) is 10.3. The SMILES string of the molecule is O=C(NCCCl)Nc1ccc(S(=O)(=O)O)cc1. The van der Waals surface area contributed by atoms with Gasteiger partial charge in [0.15, 0.2) is 0 Å². The van der Waals surface area contributed by atoms with Crippen LogP contribution in [-0.2, 0) is 10.1 Å². The Kier molecular flexibility index (Phi) is 4.73. The van der Waals surface area contributed by atoms with E-state index in [9.17, 15) is 13.2 Å². The van der Waals surface area contributed by atoms with E-state index >= 15 is 0 Å². The molecular weight excluding hydrogens is 268 g/mol. The van der Waals surface area contributed by atoms with Gasteiger partial charge in [-0.15, -0.1) is 11.6 Å². The zero-order valence-electron chi connectivity index (χ0n) is 8.68. The lowest BCUT2D eigenvalue weighted by Crippen LogP contribution is -2.30. The quantitative estimate of drug-likeness (QED) is 0.571. The van der Waals surface area contributed by atoms with Crippen LogP contribution in [0.25, 0.3) is 0 Å². The summed E-state index contributed by atoms with van der Waals surface area (Å²) in [4.78, 5) is 11.0. The Labute approximate surface area is 104 Å². The monoisotopic (exact) mass is 278 g/mol. The maximum atomic E-state index is 11.2. The molecule has 3 N–H and O–H groups in total. The van der Waals surface area contributed by atoms with Crippen molar-refractivity contribution in [2.45, 2.75) is 4.90 Å². The van der Waals surface area contributed by atoms with E-state index in [1.165, 1.54) is 24.3 Å². The molecule has 0 aliphatic carbocycles. The molecule has 0 fully saturated rings. The summed E-state index contributed by atoms with van der Waals surface area (Å²) in [6.07, 6.45) is 0. The number of alkyl halides is 1. The van der Waals surface area contributed by atoms with Gasteiger partial charge in [-0.05, 0) is 24.3 Å². The first-order valence-electron chi connectivity index (χ1n) is 4.62. The Balaban J connectivity index is 2.66. The second-order valence-corrected chi connectivity index (χ2v) is 4.87. The molecule has 8 heteroatoms. The van der Waals surface area contributed by atoms with Gasteiger partial charge in [0.05, 0.1) is 4.90 Å². The molecule has 0 aliphatic heterocycles. The fourth-order valence-electron chi connectivity index (χ4n) is 1.05. The Morgan fingerprint density at radius 3 is 2.35 bits per heavy atom. The minimum Gasteiger partial charge on any atom is -0.337 e. The smallest absolute Gasteiger partial charge is 0.319 e. The molecule has 0 atom stereocenters. The molecule has 1 aromatic carbocycles. The van der Waals surface area contributed by atoms with E-state index in [0.29, 0.717) is 18.1 Å². The maximum Gasteiger partial charge on any atom is 0.319 e. The first kappa shape index (κ1) is 13.8. The lowest BCUT2D eigenvalue weighted by atomic mass is 10.3. The summed E-state index contributed by atoms with van der Waals surface area (Å²) in [6, 6.07) is 4.66. The van der Waals surface area contributed by atoms with Crippen LogP contribution in [0.1, 0.15) is 0 Å². The van der Waals surface area contributed by atoms with Crippen LogP contribution in [0.15, 0.2) is 29.2 Å². The molecule has 17 heavy (non-hydrogen) atoms. The molecule has 1 aromatic rings. The number of anilines is 1. The van der Waals surface area contributed by atoms with E-state index in [2.05, 4.69) is 10.6 Å². The summed E-state index contributed by atoms with van der Waals surface area (Å²) in [5.74, 6) is 0.301. The summed E-state index contributed by atoms with van der Waals surface area (Å²) >= 11 is 5.38. The molecule has 94 valence electrons. The van der Waals surface area contributed by atoms with E-state index < -0.39 is 16.1 Å². The number of rotatable bonds is 4. The zero-order chi connectivity index (χ0) is 12.9. The standard InChI is InChI=1S/C9H11ClN2O4S/c10-5-6-11-9(13)12-7-1-3-8(4-2-7)17(14,15)16/h1-4H,5-6H2,(H2,11,12,13)(H,14,15,16). The van der Waals surface area contributed by atoms with Crippen molar-refractivity contribution in [2.75, 3.05) is 17.7 Å². The molecule has 6 nitrogen and oxygen atoms in total. The highest BCUT2D eigenvalue weighted by molar-refractivity contribution is 7.85. The molecule has 2 amide bonds. The molecule has 0 unspecified atom stereocenters. The first-order valence-corrected chi connectivity index (χ1v) is 6.59. The van der Waals surface area contributed by atoms with Crippen molar-refractivity contribution >= 4 is 33.4 Å². The Hall–Kier alpha value is -1.31. The minimum absolute atomic E-state index is 0.232. The van der Waals surface area contributed by atoms with Gasteiger partial charge in [-0.25, -0.2) is 4.79 Å². The van der Waals surface area contributed by atoms with Crippen LogP contribution in [0.4, 0.5) is 10.5 Å². The second kappa shape index (κ2) is 5.85. The predicted octanol–water partition coefficient (Wildman–Crippen LogP) is 1.29. The minimum atomic E-state index is -4.21. The van der Waals surface area contributed by atoms with Gasteiger partial charge in [-0.1, -0.05) is 0 Å². The molecule has 0 heterocycles. The molecule has 0 saturated heterocycles. The Bertz CT molecular complexity index is 486. The van der Waals surface area contributed by atoms with Crippen molar-refractivity contribution in [3.8, 4) is 0 Å². The van der Waals surface area contributed by atoms with Crippen molar-refractivity contribution in [1.29, 1.82) is 0 Å². The fourth-order valence-corrected chi connectivity index (χ4v) is 1.62. The first-order chi connectivity index (χ1) is 7.93. The number of hydrogen-bond acceptors (Lipinski definition) is 3. The number of carbonyl (C=O) groups is 1. The number of urea groups is 1. The van der Waals surface area contributed by atoms with E-state index in [-0.39, 0.29) is 4.90 Å². The number of carbonyl (C=O) groups excluding carboxylic acids is 1. The van der Waals surface area contributed by atoms with Gasteiger partial charge in [0, 0.05) is 18.1 Å². The molecular formula is C9H11ClN2O4S. The molecule has 0 spiro atoms. The Morgan fingerprint density at radius 1 is 1.29 bits per heavy atom. The van der Waals surface area contributed by atoms with Crippen molar-refractivity contribution in [3.05, 3.63) is 24.3 Å². The highest BCUT2D eigenvalue weighted by atomic mass is 35.5. The summed E-state index contributed by atoms with van der Waals surface area (Å²) in [5.41, 5.74) is 0.407. The fraction of sp³-hybridized carbons (Fsp3) is 0.222. The number of nitrogens with one attached hydrogen (secondary N) is 2. The van der Waals surface area contributed by atoms with Crippen molar-refractivity contribution in [1.82, 2.24) is 5.32 Å². The second-order valence-electron chi connectivity index (χ2n) is 3.07. The lowest BCUT2D eigenvalue weighted by molar-refractivity contribution is 0.252. The molecule has 0 radical (unpaired) electrons. The highest BCUT2D eigenvalue weighted by Gasteiger charge is 2.08. The largest absolute Gasteiger partial charge is 0.337 e. The molecule has 1 rings (SSSR count). The van der Waals surface area contributed by atoms with E-state index in [0.717, 1.165) is 0 Å². The van der Waals surface area contributed by atoms with Gasteiger partial charge in [0.1, 0.15) is 0 Å². The van der Waals surface area contributed by atoms with Crippen LogP contribution >= 0.6 is 11.6 Å². The topological polar surface area (TPSA) is 95.5 Å². The number of hydrogen-bond donors (Lipinski definition) is 3. The average Bonchev–Trinajstić information content (AvgIpc) is 2.26. The van der Waals surface area contributed by atoms with E-state index in [1.54, 1.807) is 0 Å². The van der Waals surface area contributed by atoms with Gasteiger partial charge in [0.2, 0.25) is 0 Å². The highest BCUT2D eigenvalue weighted by Crippen LogP contribution is 2.13. The Morgan fingerprint density at radius 2 is 1.88 bits per heavy atom. The predicted molar refractivity (Wildman–Crippen MR) is 64.0 cm³/mol. The molecule has 0 bridgehead atoms. The van der Waals surface area contributed by atoms with E-state index in [1.807, 2.05) is 0 Å². The average molecular weight is 279 g/mol. The van der Waals surface area contributed by atoms with Crippen LogP contribution < -0.4 is 10.6 Å². The molecule has 0 aliphatic rings. The third kappa shape index (κ3) is 4.59. The summed E-state index contributed by atoms with van der Waals surface area (Å²) < 4.78 is 30.2. The number of halogens is 1. The van der Waals surface area contributed by atoms with Gasteiger partial charge >= 0.3 is 6.03 Å². The van der Waals surface area contributed by atoms with Gasteiger partial charge in [-0.2, -0.15) is 8.42 Å². The van der Waals surface area contributed by atoms with E-state index in [4.69, 9.17) is 16.2 Å². The lowest BCUT2D eigenvalue weighted by Gasteiger charge is -2.06. The summed E-state index contributed by atoms with van der Waals surface area (Å²) in [6.45, 7) is 0.330. The van der Waals surface area contributed by atoms with Crippen LogP contribution in [-0.4, -0.2) is 31.4 Å². The van der Waals surface area contributed by atoms with Crippen LogP contribution in [0.5, 0.6) is 0 Å². The van der Waals surface area contributed by atoms with Gasteiger partial charge < -0.3 is 10.6 Å². The summed E-state index contributed by atoms with van der Waals surface area (Å²) in [7, 11) is -4.21. The third-order valence-electron chi connectivity index (χ3n) is 1.79. The van der Waals surface area contributed by atoms with Crippen LogP contribution in [0.2, 0.25) is 0 Å². The maximum absolute atomic E-state index is 11.2. The molecule has 0 saturated carbocycles. The van der Waals surface area contributed by atoms with Crippen molar-refractivity contribution < 1.29 is 17.8 Å². The summed E-state index contributed by atoms with van der Waals surface area (Å²) in [5, 5.41) is 4.95. The van der Waals surface area contributed by atoms with Crippen LogP contribution in [0.3, 0.4) is 0 Å². The van der Waals surface area contributed by atoms with Gasteiger partial charge in [0.25, 0.3) is 10.1 Å². The number of benzene rings is 1.